The van der Waals surface area contributed by atoms with Gasteiger partial charge in [0, 0.05) is 17.0 Å². The maximum Gasteiger partial charge on any atom is 0.161 e. The smallest absolute Gasteiger partial charge is 0.161 e. The molecular formula is C21H19N7O. The van der Waals surface area contributed by atoms with Crippen molar-refractivity contribution in [1.29, 1.82) is 0 Å². The lowest BCUT2D eigenvalue weighted by Crippen LogP contribution is -2.08. The quantitative estimate of drug-likeness (QED) is 0.413. The average Bonchev–Trinajstić information content (AvgIpc) is 3.35. The van der Waals surface area contributed by atoms with E-state index in [0.717, 1.165) is 33.2 Å². The van der Waals surface area contributed by atoms with Crippen molar-refractivity contribution in [2.24, 2.45) is 0 Å². The Labute approximate surface area is 166 Å². The highest BCUT2D eigenvalue weighted by Crippen LogP contribution is 2.36. The lowest BCUT2D eigenvalue weighted by Gasteiger charge is -2.16. The molecule has 0 radical (unpaired) electrons. The van der Waals surface area contributed by atoms with Gasteiger partial charge in [-0.15, -0.1) is 0 Å². The first-order chi connectivity index (χ1) is 14.2. The van der Waals surface area contributed by atoms with Gasteiger partial charge in [-0.1, -0.05) is 30.3 Å². The van der Waals surface area contributed by atoms with E-state index in [1.54, 1.807) is 6.20 Å². The van der Waals surface area contributed by atoms with Gasteiger partial charge in [0.25, 0.3) is 0 Å². The number of anilines is 2. The van der Waals surface area contributed by atoms with Crippen LogP contribution in [0.5, 0.6) is 5.75 Å². The number of ether oxygens (including phenoxy) is 1. The monoisotopic (exact) mass is 385 g/mol. The zero-order valence-corrected chi connectivity index (χ0v) is 16.0. The standard InChI is InChI=1S/C21H19N7O/c1-12(2)29-17-9-15-14(10-24-26-15)8-16(17)25-20-18-19(13-6-4-3-5-7-13)27-28-21(18)23-11-22-20/h3-12H,1-2H3,(H,24,26)(H2,22,23,25,27,28). The summed E-state index contributed by atoms with van der Waals surface area (Å²) in [5.41, 5.74) is 4.15. The number of rotatable bonds is 5. The summed E-state index contributed by atoms with van der Waals surface area (Å²) < 4.78 is 6.03. The number of aromatic nitrogens is 6. The van der Waals surface area contributed by atoms with Crippen LogP contribution >= 0.6 is 0 Å². The summed E-state index contributed by atoms with van der Waals surface area (Å²) in [4.78, 5) is 8.81. The van der Waals surface area contributed by atoms with Gasteiger partial charge in [0.05, 0.1) is 28.9 Å². The van der Waals surface area contributed by atoms with Crippen LogP contribution in [0.2, 0.25) is 0 Å². The molecule has 144 valence electrons. The van der Waals surface area contributed by atoms with E-state index in [9.17, 15) is 0 Å². The van der Waals surface area contributed by atoms with E-state index in [2.05, 4.69) is 35.7 Å². The lowest BCUT2D eigenvalue weighted by molar-refractivity contribution is 0.244. The molecule has 5 aromatic rings. The van der Waals surface area contributed by atoms with E-state index in [1.807, 2.05) is 56.3 Å². The molecule has 0 spiro atoms. The van der Waals surface area contributed by atoms with E-state index >= 15 is 0 Å². The number of aromatic amines is 2. The molecule has 0 atom stereocenters. The normalized spacial score (nSPS) is 11.4. The van der Waals surface area contributed by atoms with Gasteiger partial charge in [0.15, 0.2) is 5.65 Å². The molecule has 0 amide bonds. The van der Waals surface area contributed by atoms with Crippen molar-refractivity contribution in [2.75, 3.05) is 5.32 Å². The molecule has 3 N–H and O–H groups in total. The third kappa shape index (κ3) is 3.14. The maximum atomic E-state index is 6.03. The molecule has 8 heteroatoms. The van der Waals surface area contributed by atoms with Gasteiger partial charge in [-0.25, -0.2) is 9.97 Å². The first-order valence-corrected chi connectivity index (χ1v) is 9.34. The Morgan fingerprint density at radius 1 is 1.03 bits per heavy atom. The number of H-pyrrole nitrogens is 2. The molecular weight excluding hydrogens is 366 g/mol. The van der Waals surface area contributed by atoms with Crippen LogP contribution in [0.15, 0.2) is 55.0 Å². The Morgan fingerprint density at radius 2 is 1.90 bits per heavy atom. The largest absolute Gasteiger partial charge is 0.489 e. The number of benzene rings is 2. The van der Waals surface area contributed by atoms with Gasteiger partial charge in [0.1, 0.15) is 23.6 Å². The number of hydrogen-bond acceptors (Lipinski definition) is 6. The van der Waals surface area contributed by atoms with Crippen LogP contribution in [0.4, 0.5) is 11.5 Å². The summed E-state index contributed by atoms with van der Waals surface area (Å²) >= 11 is 0. The van der Waals surface area contributed by atoms with Crippen molar-refractivity contribution in [3.63, 3.8) is 0 Å². The SMILES string of the molecule is CC(C)Oc1cc2[nH]ncc2cc1Nc1ncnc2[nH]nc(-c3ccccc3)c12. The predicted molar refractivity (Wildman–Crippen MR) is 112 cm³/mol. The molecule has 0 aliphatic rings. The molecule has 3 heterocycles. The molecule has 0 fully saturated rings. The van der Waals surface area contributed by atoms with Crippen LogP contribution in [-0.2, 0) is 0 Å². The lowest BCUT2D eigenvalue weighted by atomic mass is 10.1. The second kappa shape index (κ2) is 6.90. The molecule has 0 aliphatic heterocycles. The maximum absolute atomic E-state index is 6.03. The van der Waals surface area contributed by atoms with Gasteiger partial charge in [-0.05, 0) is 19.9 Å². The zero-order valence-electron chi connectivity index (χ0n) is 16.0. The Bertz CT molecular complexity index is 1290. The minimum absolute atomic E-state index is 0.0233. The molecule has 0 saturated carbocycles. The molecule has 0 saturated heterocycles. The van der Waals surface area contributed by atoms with E-state index in [0.29, 0.717) is 17.2 Å². The molecule has 5 rings (SSSR count). The predicted octanol–water partition coefficient (Wildman–Crippen LogP) is 4.43. The topological polar surface area (TPSA) is 104 Å². The van der Waals surface area contributed by atoms with Crippen LogP contribution in [0.3, 0.4) is 0 Å². The Hall–Kier alpha value is -3.94. The van der Waals surface area contributed by atoms with E-state index in [-0.39, 0.29) is 6.10 Å². The second-order valence-electron chi connectivity index (χ2n) is 6.98. The highest BCUT2D eigenvalue weighted by atomic mass is 16.5. The van der Waals surface area contributed by atoms with Gasteiger partial charge in [0.2, 0.25) is 0 Å². The van der Waals surface area contributed by atoms with E-state index < -0.39 is 0 Å². The van der Waals surface area contributed by atoms with Crippen LogP contribution in [-0.4, -0.2) is 36.5 Å². The average molecular weight is 385 g/mol. The summed E-state index contributed by atoms with van der Waals surface area (Å²) in [7, 11) is 0. The molecule has 0 bridgehead atoms. The third-order valence-corrected chi connectivity index (χ3v) is 4.56. The van der Waals surface area contributed by atoms with Crippen LogP contribution in [0.25, 0.3) is 33.2 Å². The second-order valence-corrected chi connectivity index (χ2v) is 6.98. The Morgan fingerprint density at radius 3 is 2.72 bits per heavy atom. The minimum Gasteiger partial charge on any atom is -0.489 e. The zero-order chi connectivity index (χ0) is 19.8. The van der Waals surface area contributed by atoms with Gasteiger partial charge < -0.3 is 10.1 Å². The van der Waals surface area contributed by atoms with Crippen molar-refractivity contribution in [2.45, 2.75) is 20.0 Å². The number of fused-ring (bicyclic) bond motifs is 2. The van der Waals surface area contributed by atoms with Crippen molar-refractivity contribution in [3.05, 3.63) is 55.0 Å². The summed E-state index contributed by atoms with van der Waals surface area (Å²) in [5, 5.41) is 19.8. The highest BCUT2D eigenvalue weighted by Gasteiger charge is 2.17. The third-order valence-electron chi connectivity index (χ3n) is 4.56. The summed E-state index contributed by atoms with van der Waals surface area (Å²) in [6, 6.07) is 13.9. The fourth-order valence-electron chi connectivity index (χ4n) is 3.31. The van der Waals surface area contributed by atoms with Crippen LogP contribution < -0.4 is 10.1 Å². The van der Waals surface area contributed by atoms with E-state index in [4.69, 9.17) is 4.74 Å². The number of nitrogens with one attached hydrogen (secondary N) is 3. The van der Waals surface area contributed by atoms with Gasteiger partial charge >= 0.3 is 0 Å². The van der Waals surface area contributed by atoms with Crippen molar-refractivity contribution in [3.8, 4) is 17.0 Å². The van der Waals surface area contributed by atoms with Crippen molar-refractivity contribution < 1.29 is 4.74 Å². The molecule has 8 nitrogen and oxygen atoms in total. The summed E-state index contributed by atoms with van der Waals surface area (Å²) in [6.45, 7) is 3.99. The number of nitrogens with zero attached hydrogens (tertiary/aromatic N) is 4. The van der Waals surface area contributed by atoms with Crippen LogP contribution in [0, 0.1) is 0 Å². The summed E-state index contributed by atoms with van der Waals surface area (Å²) in [6.07, 6.45) is 3.31. The molecule has 0 aliphatic carbocycles. The summed E-state index contributed by atoms with van der Waals surface area (Å²) in [5.74, 6) is 1.37. The highest BCUT2D eigenvalue weighted by molar-refractivity contribution is 6.00. The molecule has 2 aromatic carbocycles. The van der Waals surface area contributed by atoms with Crippen molar-refractivity contribution in [1.82, 2.24) is 30.4 Å². The first-order valence-electron chi connectivity index (χ1n) is 9.34. The Balaban J connectivity index is 1.65. The van der Waals surface area contributed by atoms with Gasteiger partial charge in [-0.3, -0.25) is 10.2 Å². The molecule has 0 unspecified atom stereocenters. The molecule has 3 aromatic heterocycles. The van der Waals surface area contributed by atoms with E-state index in [1.165, 1.54) is 6.33 Å². The minimum atomic E-state index is 0.0233. The number of hydrogen-bond donors (Lipinski definition) is 3. The van der Waals surface area contributed by atoms with Crippen molar-refractivity contribution >= 4 is 33.4 Å². The first kappa shape index (κ1) is 17.2. The van der Waals surface area contributed by atoms with Gasteiger partial charge in [-0.2, -0.15) is 10.2 Å². The molecule has 29 heavy (non-hydrogen) atoms. The van der Waals surface area contributed by atoms with Crippen LogP contribution in [0.1, 0.15) is 13.8 Å². The fourth-order valence-corrected chi connectivity index (χ4v) is 3.31. The fraction of sp³-hybridized carbons (Fsp3) is 0.143. The Kier molecular flexibility index (Phi) is 4.09.